The molecule has 0 saturated carbocycles. The minimum absolute atomic E-state index is 0.0141. The number of amides is 3. The van der Waals surface area contributed by atoms with Gasteiger partial charge >= 0.3 is 6.03 Å². The standard InChI is InChI=1S/C13H14ClN3O2/c14-8-1-3-9(4-2-8)15-13(19)17-6-5-10-11(17)7-12(18)16-10/h1-4,10-11H,5-7H2,(H,15,19)(H,16,18)/t10-,11+/m1/s1. The fourth-order valence-corrected chi connectivity index (χ4v) is 2.84. The molecule has 0 bridgehead atoms. The van der Waals surface area contributed by atoms with Crippen LogP contribution in [0.2, 0.25) is 5.02 Å². The van der Waals surface area contributed by atoms with Crippen molar-refractivity contribution in [1.29, 1.82) is 0 Å². The number of halogens is 1. The Morgan fingerprint density at radius 1 is 1.37 bits per heavy atom. The molecule has 0 aromatic heterocycles. The fraction of sp³-hybridized carbons (Fsp3) is 0.385. The van der Waals surface area contributed by atoms with Crippen LogP contribution in [-0.4, -0.2) is 35.5 Å². The largest absolute Gasteiger partial charge is 0.351 e. The number of carbonyl (C=O) groups excluding carboxylic acids is 2. The first-order chi connectivity index (χ1) is 9.13. The summed E-state index contributed by atoms with van der Waals surface area (Å²) >= 11 is 5.80. The number of carbonyl (C=O) groups is 2. The molecule has 3 rings (SSSR count). The number of fused-ring (bicyclic) bond motifs is 1. The Morgan fingerprint density at radius 2 is 2.11 bits per heavy atom. The number of hydrogen-bond acceptors (Lipinski definition) is 2. The molecule has 2 saturated heterocycles. The molecule has 2 N–H and O–H groups in total. The minimum atomic E-state index is -0.161. The summed E-state index contributed by atoms with van der Waals surface area (Å²) in [4.78, 5) is 25.3. The van der Waals surface area contributed by atoms with Crippen LogP contribution in [0.25, 0.3) is 0 Å². The Balaban J connectivity index is 1.67. The van der Waals surface area contributed by atoms with Gasteiger partial charge in [0.1, 0.15) is 0 Å². The quantitative estimate of drug-likeness (QED) is 0.824. The van der Waals surface area contributed by atoms with Crippen molar-refractivity contribution in [3.8, 4) is 0 Å². The summed E-state index contributed by atoms with van der Waals surface area (Å²) in [6.07, 6.45) is 1.23. The molecule has 1 aromatic rings. The zero-order valence-corrected chi connectivity index (χ0v) is 11.0. The van der Waals surface area contributed by atoms with Crippen molar-refractivity contribution in [1.82, 2.24) is 10.2 Å². The van der Waals surface area contributed by atoms with E-state index < -0.39 is 0 Å². The van der Waals surface area contributed by atoms with Crippen LogP contribution in [0.1, 0.15) is 12.8 Å². The number of anilines is 1. The second-order valence-electron chi connectivity index (χ2n) is 4.86. The maximum atomic E-state index is 12.2. The van der Waals surface area contributed by atoms with Gasteiger partial charge in [-0.1, -0.05) is 11.6 Å². The van der Waals surface area contributed by atoms with E-state index in [9.17, 15) is 9.59 Å². The summed E-state index contributed by atoms with van der Waals surface area (Å²) in [6.45, 7) is 0.676. The Kier molecular flexibility index (Phi) is 3.06. The maximum Gasteiger partial charge on any atom is 0.322 e. The Bertz CT molecular complexity index is 517. The summed E-state index contributed by atoms with van der Waals surface area (Å²) < 4.78 is 0. The molecular weight excluding hydrogens is 266 g/mol. The molecule has 1 aromatic carbocycles. The van der Waals surface area contributed by atoms with E-state index in [0.29, 0.717) is 23.7 Å². The lowest BCUT2D eigenvalue weighted by molar-refractivity contribution is -0.119. The molecule has 2 aliphatic rings. The Labute approximate surface area is 115 Å². The van der Waals surface area contributed by atoms with Gasteiger partial charge in [-0.2, -0.15) is 0 Å². The van der Waals surface area contributed by atoms with E-state index in [4.69, 9.17) is 11.6 Å². The highest BCUT2D eigenvalue weighted by molar-refractivity contribution is 6.30. The zero-order chi connectivity index (χ0) is 13.4. The zero-order valence-electron chi connectivity index (χ0n) is 10.2. The van der Waals surface area contributed by atoms with Crippen molar-refractivity contribution >= 4 is 29.2 Å². The predicted molar refractivity (Wildman–Crippen MR) is 72.1 cm³/mol. The number of nitrogens with one attached hydrogen (secondary N) is 2. The predicted octanol–water partition coefficient (Wildman–Crippen LogP) is 1.83. The van der Waals surface area contributed by atoms with E-state index in [-0.39, 0.29) is 24.0 Å². The molecule has 0 aliphatic carbocycles. The lowest BCUT2D eigenvalue weighted by Crippen LogP contribution is -2.41. The van der Waals surface area contributed by atoms with Gasteiger partial charge in [0.25, 0.3) is 0 Å². The van der Waals surface area contributed by atoms with Gasteiger partial charge in [0, 0.05) is 23.7 Å². The molecule has 0 radical (unpaired) electrons. The average molecular weight is 280 g/mol. The number of likely N-dealkylation sites (tertiary alicyclic amines) is 1. The van der Waals surface area contributed by atoms with Crippen LogP contribution in [0.5, 0.6) is 0 Å². The molecule has 5 nitrogen and oxygen atoms in total. The third-order valence-corrected chi connectivity index (χ3v) is 3.90. The van der Waals surface area contributed by atoms with Gasteiger partial charge in [0.2, 0.25) is 5.91 Å². The highest BCUT2D eigenvalue weighted by Crippen LogP contribution is 2.26. The van der Waals surface area contributed by atoms with Crippen molar-refractivity contribution in [2.24, 2.45) is 0 Å². The van der Waals surface area contributed by atoms with Gasteiger partial charge in [-0.15, -0.1) is 0 Å². The van der Waals surface area contributed by atoms with E-state index >= 15 is 0 Å². The molecule has 0 spiro atoms. The number of rotatable bonds is 1. The van der Waals surface area contributed by atoms with E-state index in [2.05, 4.69) is 10.6 Å². The number of nitrogens with zero attached hydrogens (tertiary/aromatic N) is 1. The number of benzene rings is 1. The van der Waals surface area contributed by atoms with Crippen molar-refractivity contribution < 1.29 is 9.59 Å². The average Bonchev–Trinajstić information content (AvgIpc) is 2.90. The van der Waals surface area contributed by atoms with Crippen LogP contribution in [0.3, 0.4) is 0 Å². The normalized spacial score (nSPS) is 25.1. The van der Waals surface area contributed by atoms with E-state index in [1.807, 2.05) is 0 Å². The Hall–Kier alpha value is -1.75. The summed E-state index contributed by atoms with van der Waals surface area (Å²) in [6, 6.07) is 6.90. The lowest BCUT2D eigenvalue weighted by Gasteiger charge is -2.23. The van der Waals surface area contributed by atoms with Crippen molar-refractivity contribution in [2.45, 2.75) is 24.9 Å². The van der Waals surface area contributed by atoms with Gasteiger partial charge in [0.05, 0.1) is 12.1 Å². The van der Waals surface area contributed by atoms with Crippen molar-refractivity contribution in [3.63, 3.8) is 0 Å². The first-order valence-corrected chi connectivity index (χ1v) is 6.64. The van der Waals surface area contributed by atoms with Gasteiger partial charge in [-0.25, -0.2) is 4.79 Å². The summed E-state index contributed by atoms with van der Waals surface area (Å²) in [5.74, 6) is 0.0268. The fourth-order valence-electron chi connectivity index (χ4n) is 2.71. The van der Waals surface area contributed by atoms with Crippen molar-refractivity contribution in [2.75, 3.05) is 11.9 Å². The molecule has 2 aliphatic heterocycles. The SMILES string of the molecule is O=C1C[C@H]2[C@@H](CCN2C(=O)Nc2ccc(Cl)cc2)N1. The molecule has 19 heavy (non-hydrogen) atoms. The van der Waals surface area contributed by atoms with Crippen LogP contribution in [0.15, 0.2) is 24.3 Å². The molecule has 0 unspecified atom stereocenters. The van der Waals surface area contributed by atoms with Gasteiger partial charge in [0.15, 0.2) is 0 Å². The van der Waals surface area contributed by atoms with Crippen molar-refractivity contribution in [3.05, 3.63) is 29.3 Å². The Morgan fingerprint density at radius 3 is 2.84 bits per heavy atom. The smallest absolute Gasteiger partial charge is 0.322 e. The molecule has 2 heterocycles. The first kappa shape index (κ1) is 12.3. The topological polar surface area (TPSA) is 61.4 Å². The van der Waals surface area contributed by atoms with Crippen LogP contribution < -0.4 is 10.6 Å². The lowest BCUT2D eigenvalue weighted by atomic mass is 10.1. The third-order valence-electron chi connectivity index (χ3n) is 3.64. The maximum absolute atomic E-state index is 12.2. The molecule has 3 amide bonds. The molecule has 2 atom stereocenters. The third kappa shape index (κ3) is 2.38. The van der Waals surface area contributed by atoms with E-state index in [0.717, 1.165) is 6.42 Å². The monoisotopic (exact) mass is 279 g/mol. The second kappa shape index (κ2) is 4.74. The van der Waals surface area contributed by atoms with Gasteiger partial charge in [-0.05, 0) is 30.7 Å². The molecular formula is C13H14ClN3O2. The van der Waals surface area contributed by atoms with E-state index in [1.54, 1.807) is 29.2 Å². The van der Waals surface area contributed by atoms with Crippen LogP contribution in [0, 0.1) is 0 Å². The summed E-state index contributed by atoms with van der Waals surface area (Å²) in [5, 5.41) is 6.35. The number of urea groups is 1. The van der Waals surface area contributed by atoms with Gasteiger partial charge < -0.3 is 15.5 Å². The van der Waals surface area contributed by atoms with Crippen LogP contribution in [-0.2, 0) is 4.79 Å². The summed E-state index contributed by atoms with van der Waals surface area (Å²) in [5.41, 5.74) is 0.704. The minimum Gasteiger partial charge on any atom is -0.351 e. The summed E-state index contributed by atoms with van der Waals surface area (Å²) in [7, 11) is 0. The molecule has 2 fully saturated rings. The second-order valence-corrected chi connectivity index (χ2v) is 5.30. The first-order valence-electron chi connectivity index (χ1n) is 6.26. The molecule has 100 valence electrons. The molecule has 6 heteroatoms. The highest BCUT2D eigenvalue weighted by atomic mass is 35.5. The number of hydrogen-bond donors (Lipinski definition) is 2. The van der Waals surface area contributed by atoms with Gasteiger partial charge in [-0.3, -0.25) is 4.79 Å². The highest BCUT2D eigenvalue weighted by Gasteiger charge is 2.43. The van der Waals surface area contributed by atoms with Crippen LogP contribution >= 0.6 is 11.6 Å². The van der Waals surface area contributed by atoms with Crippen LogP contribution in [0.4, 0.5) is 10.5 Å². The van der Waals surface area contributed by atoms with E-state index in [1.165, 1.54) is 0 Å².